The topological polar surface area (TPSA) is 99.9 Å². The van der Waals surface area contributed by atoms with E-state index in [1.54, 1.807) is 18.3 Å². The minimum Gasteiger partial charge on any atom is -0.301 e. The largest absolute Gasteiger partial charge is 0.301 e. The Morgan fingerprint density at radius 2 is 2.04 bits per heavy atom. The number of nitrogens with one attached hydrogen (secondary N) is 1. The summed E-state index contributed by atoms with van der Waals surface area (Å²) in [5.74, 6) is -0.591. The van der Waals surface area contributed by atoms with Crippen LogP contribution < -0.4 is 5.32 Å². The first kappa shape index (κ1) is 17.1. The molecule has 2 rings (SSSR count). The molecule has 1 amide bonds. The van der Waals surface area contributed by atoms with Crippen molar-refractivity contribution >= 4 is 32.2 Å². The molecule has 8 heteroatoms. The molecule has 0 aliphatic rings. The van der Waals surface area contributed by atoms with Crippen LogP contribution >= 0.6 is 11.3 Å². The number of benzene rings is 1. The summed E-state index contributed by atoms with van der Waals surface area (Å²) in [4.78, 5) is 16.9. The van der Waals surface area contributed by atoms with Crippen molar-refractivity contribution in [3.05, 3.63) is 46.5 Å². The second kappa shape index (κ2) is 6.89. The Bertz CT molecular complexity index is 849. The number of rotatable bonds is 5. The van der Waals surface area contributed by atoms with E-state index < -0.39 is 21.0 Å². The number of sulfone groups is 1. The Morgan fingerprint density at radius 1 is 1.39 bits per heavy atom. The van der Waals surface area contributed by atoms with Crippen LogP contribution in [0.25, 0.3) is 0 Å². The van der Waals surface area contributed by atoms with E-state index in [-0.39, 0.29) is 0 Å². The van der Waals surface area contributed by atoms with E-state index in [0.717, 1.165) is 16.7 Å². The van der Waals surface area contributed by atoms with Gasteiger partial charge in [-0.3, -0.25) is 4.79 Å². The third kappa shape index (κ3) is 4.61. The predicted octanol–water partition coefficient (Wildman–Crippen LogP) is 1.98. The van der Waals surface area contributed by atoms with Gasteiger partial charge < -0.3 is 5.32 Å². The maximum Gasteiger partial charge on any atom is 0.244 e. The molecule has 120 valence electrons. The molecule has 0 spiro atoms. The van der Waals surface area contributed by atoms with Gasteiger partial charge in [0.2, 0.25) is 5.91 Å². The van der Waals surface area contributed by atoms with Crippen molar-refractivity contribution in [3.63, 3.8) is 0 Å². The van der Waals surface area contributed by atoms with Gasteiger partial charge in [0.15, 0.2) is 15.0 Å². The quantitative estimate of drug-likeness (QED) is 0.889. The van der Waals surface area contributed by atoms with Gasteiger partial charge in [0.25, 0.3) is 0 Å². The molecular weight excluding hydrogens is 334 g/mol. The second-order valence-electron chi connectivity index (χ2n) is 5.08. The van der Waals surface area contributed by atoms with Crippen molar-refractivity contribution in [2.24, 2.45) is 0 Å². The van der Waals surface area contributed by atoms with Crippen molar-refractivity contribution in [1.82, 2.24) is 4.98 Å². The summed E-state index contributed by atoms with van der Waals surface area (Å²) in [5.41, 5.74) is 1.62. The van der Waals surface area contributed by atoms with Crippen LogP contribution in [0.1, 0.15) is 22.9 Å². The molecule has 0 aliphatic heterocycles. The maximum absolute atomic E-state index is 11.8. The van der Waals surface area contributed by atoms with E-state index in [9.17, 15) is 13.2 Å². The lowest BCUT2D eigenvalue weighted by Gasteiger charge is -2.07. The Labute approximate surface area is 138 Å². The number of carbonyl (C=O) groups excluding carboxylic acids is 1. The van der Waals surface area contributed by atoms with Gasteiger partial charge >= 0.3 is 0 Å². The molecule has 0 saturated heterocycles. The van der Waals surface area contributed by atoms with E-state index in [1.165, 1.54) is 18.3 Å². The van der Waals surface area contributed by atoms with Crippen LogP contribution in [-0.4, -0.2) is 30.8 Å². The second-order valence-corrected chi connectivity index (χ2v) is 8.56. The van der Waals surface area contributed by atoms with Gasteiger partial charge in [0.1, 0.15) is 5.25 Å². The minimum absolute atomic E-state index is 0.370. The van der Waals surface area contributed by atoms with Crippen LogP contribution in [-0.2, 0) is 21.1 Å². The summed E-state index contributed by atoms with van der Waals surface area (Å²) < 4.78 is 22.7. The lowest BCUT2D eigenvalue weighted by Crippen LogP contribution is -2.31. The van der Waals surface area contributed by atoms with Crippen molar-refractivity contribution < 1.29 is 13.2 Å². The first-order chi connectivity index (χ1) is 10.8. The molecule has 1 atom stereocenters. The third-order valence-electron chi connectivity index (χ3n) is 3.26. The molecule has 1 aromatic carbocycles. The molecule has 2 aromatic rings. The molecule has 1 heterocycles. The number of aromatic nitrogens is 1. The number of thiazole rings is 1. The number of nitriles is 1. The fourth-order valence-corrected chi connectivity index (χ4v) is 3.04. The zero-order chi connectivity index (χ0) is 17.0. The molecule has 0 unspecified atom stereocenters. The first-order valence-electron chi connectivity index (χ1n) is 6.73. The molecule has 0 radical (unpaired) electrons. The van der Waals surface area contributed by atoms with E-state index in [0.29, 0.717) is 17.1 Å². The molecule has 1 aromatic heterocycles. The lowest BCUT2D eigenvalue weighted by atomic mass is 10.1. The number of anilines is 1. The fraction of sp³-hybridized carbons (Fsp3) is 0.267. The Morgan fingerprint density at radius 3 is 2.61 bits per heavy atom. The number of carbonyl (C=O) groups is 1. The number of hydrogen-bond donors (Lipinski definition) is 1. The van der Waals surface area contributed by atoms with Gasteiger partial charge in [0, 0.05) is 23.8 Å². The number of amides is 1. The van der Waals surface area contributed by atoms with Gasteiger partial charge in [0.05, 0.1) is 11.6 Å². The molecule has 23 heavy (non-hydrogen) atoms. The highest BCUT2D eigenvalue weighted by Crippen LogP contribution is 2.22. The lowest BCUT2D eigenvalue weighted by molar-refractivity contribution is -0.115. The maximum atomic E-state index is 11.8. The van der Waals surface area contributed by atoms with Crippen molar-refractivity contribution in [3.8, 4) is 6.07 Å². The van der Waals surface area contributed by atoms with Gasteiger partial charge in [-0.15, -0.1) is 11.3 Å². The van der Waals surface area contributed by atoms with E-state index in [2.05, 4.69) is 16.4 Å². The molecule has 0 bridgehead atoms. The summed E-state index contributed by atoms with van der Waals surface area (Å²) in [6.07, 6.45) is 3.29. The zero-order valence-corrected chi connectivity index (χ0v) is 14.2. The first-order valence-corrected chi connectivity index (χ1v) is 9.50. The van der Waals surface area contributed by atoms with Crippen LogP contribution in [0.3, 0.4) is 0 Å². The standard InChI is InChI=1S/C15H15N3O3S2/c1-10(23(2,20)21)14(19)18-15-17-9-13(22-15)7-11-3-5-12(8-16)6-4-11/h3-6,9-10H,7H2,1-2H3,(H,17,18,19)/t10-/m1/s1. The highest BCUT2D eigenvalue weighted by atomic mass is 32.2. The highest BCUT2D eigenvalue weighted by molar-refractivity contribution is 7.92. The van der Waals surface area contributed by atoms with Crippen molar-refractivity contribution in [2.45, 2.75) is 18.6 Å². The van der Waals surface area contributed by atoms with Gasteiger partial charge in [-0.2, -0.15) is 5.26 Å². The molecule has 1 N–H and O–H groups in total. The average Bonchev–Trinajstić information content (AvgIpc) is 2.93. The van der Waals surface area contributed by atoms with Crippen LogP contribution in [0.2, 0.25) is 0 Å². The molecule has 0 saturated carbocycles. The van der Waals surface area contributed by atoms with E-state index in [1.807, 2.05) is 12.1 Å². The molecule has 6 nitrogen and oxygen atoms in total. The Kier molecular flexibility index (Phi) is 5.13. The van der Waals surface area contributed by atoms with Crippen LogP contribution in [0.5, 0.6) is 0 Å². The van der Waals surface area contributed by atoms with Crippen LogP contribution in [0.4, 0.5) is 5.13 Å². The SMILES string of the molecule is C[C@H](C(=O)Nc1ncc(Cc2ccc(C#N)cc2)s1)S(C)(=O)=O. The molecule has 0 aliphatic carbocycles. The minimum atomic E-state index is -3.43. The number of hydrogen-bond acceptors (Lipinski definition) is 6. The third-order valence-corrected chi connectivity index (χ3v) is 5.67. The predicted molar refractivity (Wildman–Crippen MR) is 89.0 cm³/mol. The van der Waals surface area contributed by atoms with Gasteiger partial charge in [-0.25, -0.2) is 13.4 Å². The Balaban J connectivity index is 2.03. The average molecular weight is 349 g/mol. The summed E-state index contributed by atoms with van der Waals surface area (Å²) in [7, 11) is -3.43. The normalized spacial score (nSPS) is 12.4. The van der Waals surface area contributed by atoms with Crippen LogP contribution in [0.15, 0.2) is 30.5 Å². The van der Waals surface area contributed by atoms with Crippen LogP contribution in [0, 0.1) is 11.3 Å². The Hall–Kier alpha value is -2.24. The van der Waals surface area contributed by atoms with Gasteiger partial charge in [-0.1, -0.05) is 12.1 Å². The summed E-state index contributed by atoms with van der Waals surface area (Å²) >= 11 is 1.29. The highest BCUT2D eigenvalue weighted by Gasteiger charge is 2.24. The van der Waals surface area contributed by atoms with Crippen molar-refractivity contribution in [2.75, 3.05) is 11.6 Å². The molecule has 0 fully saturated rings. The van der Waals surface area contributed by atoms with E-state index in [4.69, 9.17) is 5.26 Å². The molecular formula is C15H15N3O3S2. The summed E-state index contributed by atoms with van der Waals surface area (Å²) in [5, 5.41) is 10.5. The summed E-state index contributed by atoms with van der Waals surface area (Å²) in [6.45, 7) is 1.34. The fourth-order valence-electron chi connectivity index (χ4n) is 1.75. The smallest absolute Gasteiger partial charge is 0.244 e. The zero-order valence-electron chi connectivity index (χ0n) is 12.6. The summed E-state index contributed by atoms with van der Waals surface area (Å²) in [6, 6.07) is 9.27. The van der Waals surface area contributed by atoms with Gasteiger partial charge in [-0.05, 0) is 24.6 Å². The monoisotopic (exact) mass is 349 g/mol. The number of nitrogens with zero attached hydrogens (tertiary/aromatic N) is 2. The van der Waals surface area contributed by atoms with Crippen molar-refractivity contribution in [1.29, 1.82) is 5.26 Å². The van der Waals surface area contributed by atoms with E-state index >= 15 is 0 Å².